The van der Waals surface area contributed by atoms with E-state index in [1.165, 1.54) is 18.2 Å². The number of anilines is 3. The number of rotatable bonds is 2. The van der Waals surface area contributed by atoms with Gasteiger partial charge in [-0.1, -0.05) is 23.2 Å². The zero-order chi connectivity index (χ0) is 14.9. The Hall–Kier alpha value is -2.11. The van der Waals surface area contributed by atoms with E-state index in [-0.39, 0.29) is 15.8 Å². The molecule has 0 radical (unpaired) electrons. The van der Waals surface area contributed by atoms with Gasteiger partial charge in [0.25, 0.3) is 5.91 Å². The lowest BCUT2D eigenvalue weighted by Gasteiger charge is -2.09. The molecule has 2 aromatic carbocycles. The highest BCUT2D eigenvalue weighted by molar-refractivity contribution is 6.37. The number of nitrogens with one attached hydrogen (secondary N) is 1. The van der Waals surface area contributed by atoms with Gasteiger partial charge in [-0.25, -0.2) is 0 Å². The van der Waals surface area contributed by atoms with E-state index in [2.05, 4.69) is 5.32 Å². The minimum atomic E-state index is -0.394. The second-order valence-corrected chi connectivity index (χ2v) is 4.90. The second kappa shape index (κ2) is 5.48. The monoisotopic (exact) mass is 311 g/mol. The normalized spacial score (nSPS) is 10.3. The topological polar surface area (TPSA) is 101 Å². The largest absolute Gasteiger partial charge is 0.505 e. The Balaban J connectivity index is 2.25. The smallest absolute Gasteiger partial charge is 0.255 e. The summed E-state index contributed by atoms with van der Waals surface area (Å²) in [6.07, 6.45) is 0. The molecule has 6 N–H and O–H groups in total. The summed E-state index contributed by atoms with van der Waals surface area (Å²) in [5.41, 5.74) is 12.6. The fourth-order valence-electron chi connectivity index (χ4n) is 1.56. The van der Waals surface area contributed by atoms with Crippen molar-refractivity contribution in [2.45, 2.75) is 0 Å². The van der Waals surface area contributed by atoms with E-state index < -0.39 is 5.91 Å². The van der Waals surface area contributed by atoms with Crippen molar-refractivity contribution in [2.24, 2.45) is 0 Å². The Morgan fingerprint density at radius 1 is 1.05 bits per heavy atom. The lowest BCUT2D eigenvalue weighted by atomic mass is 10.1. The van der Waals surface area contributed by atoms with Crippen LogP contribution in [0.4, 0.5) is 17.1 Å². The maximum atomic E-state index is 12.0. The number of benzene rings is 2. The van der Waals surface area contributed by atoms with E-state index in [4.69, 9.17) is 34.7 Å². The van der Waals surface area contributed by atoms with Gasteiger partial charge in [0, 0.05) is 11.3 Å². The number of aromatic hydroxyl groups is 1. The molecule has 2 rings (SSSR count). The van der Waals surface area contributed by atoms with Crippen LogP contribution in [0, 0.1) is 0 Å². The highest BCUT2D eigenvalue weighted by Gasteiger charge is 2.11. The summed E-state index contributed by atoms with van der Waals surface area (Å²) in [4.78, 5) is 12.0. The predicted molar refractivity (Wildman–Crippen MR) is 81.3 cm³/mol. The third kappa shape index (κ3) is 2.89. The van der Waals surface area contributed by atoms with Crippen LogP contribution >= 0.6 is 23.2 Å². The number of phenolic OH excluding ortho intramolecular Hbond substituents is 1. The zero-order valence-corrected chi connectivity index (χ0v) is 11.7. The van der Waals surface area contributed by atoms with E-state index in [9.17, 15) is 9.90 Å². The Morgan fingerprint density at radius 3 is 2.20 bits per heavy atom. The number of amides is 1. The van der Waals surface area contributed by atoms with E-state index >= 15 is 0 Å². The maximum absolute atomic E-state index is 12.0. The second-order valence-electron chi connectivity index (χ2n) is 4.09. The molecule has 0 aliphatic rings. The van der Waals surface area contributed by atoms with Crippen LogP contribution in [0.2, 0.25) is 10.0 Å². The molecular formula is C13H11Cl2N3O2. The average Bonchev–Trinajstić information content (AvgIpc) is 2.39. The quantitative estimate of drug-likeness (QED) is 0.505. The standard InChI is InChI=1S/C13H11Cl2N3O2/c14-8-4-7(5-9(15)12(8)19)18-13(20)6-1-2-10(16)11(17)3-6/h1-5,19H,16-17H2,(H,18,20). The molecule has 0 fully saturated rings. The zero-order valence-electron chi connectivity index (χ0n) is 10.2. The van der Waals surface area contributed by atoms with Gasteiger partial charge in [-0.2, -0.15) is 0 Å². The van der Waals surface area contributed by atoms with Gasteiger partial charge in [0.1, 0.15) is 0 Å². The lowest BCUT2D eigenvalue weighted by Crippen LogP contribution is -2.12. The summed E-state index contributed by atoms with van der Waals surface area (Å²) < 4.78 is 0. The molecule has 0 saturated heterocycles. The predicted octanol–water partition coefficient (Wildman–Crippen LogP) is 3.12. The van der Waals surface area contributed by atoms with Crippen molar-refractivity contribution in [3.63, 3.8) is 0 Å². The first kappa shape index (κ1) is 14.3. The Kier molecular flexibility index (Phi) is 3.92. The van der Waals surface area contributed by atoms with Crippen LogP contribution < -0.4 is 16.8 Å². The molecule has 1 amide bonds. The van der Waals surface area contributed by atoms with Gasteiger partial charge in [0.2, 0.25) is 0 Å². The average molecular weight is 312 g/mol. The first-order chi connectivity index (χ1) is 9.38. The van der Waals surface area contributed by atoms with Crippen molar-refractivity contribution in [3.05, 3.63) is 45.9 Å². The summed E-state index contributed by atoms with van der Waals surface area (Å²) in [7, 11) is 0. The molecule has 5 nitrogen and oxygen atoms in total. The van der Waals surface area contributed by atoms with E-state index in [0.29, 0.717) is 22.6 Å². The first-order valence-corrected chi connectivity index (χ1v) is 6.28. The summed E-state index contributed by atoms with van der Waals surface area (Å²) in [6, 6.07) is 7.34. The fraction of sp³-hybridized carbons (Fsp3) is 0. The number of hydrogen-bond donors (Lipinski definition) is 4. The molecule has 0 heterocycles. The lowest BCUT2D eigenvalue weighted by molar-refractivity contribution is 0.102. The van der Waals surface area contributed by atoms with Gasteiger partial charge in [0.15, 0.2) is 5.75 Å². The summed E-state index contributed by atoms with van der Waals surface area (Å²) in [6.45, 7) is 0. The van der Waals surface area contributed by atoms with E-state index in [0.717, 1.165) is 0 Å². The van der Waals surface area contributed by atoms with Gasteiger partial charge < -0.3 is 21.9 Å². The van der Waals surface area contributed by atoms with E-state index in [1.54, 1.807) is 12.1 Å². The van der Waals surface area contributed by atoms with Crippen LogP contribution in [0.25, 0.3) is 0 Å². The number of hydrogen-bond acceptors (Lipinski definition) is 4. The van der Waals surface area contributed by atoms with Gasteiger partial charge >= 0.3 is 0 Å². The Morgan fingerprint density at radius 2 is 1.65 bits per heavy atom. The van der Waals surface area contributed by atoms with Crippen molar-refractivity contribution < 1.29 is 9.90 Å². The molecule has 0 atom stereocenters. The molecule has 0 saturated carbocycles. The maximum Gasteiger partial charge on any atom is 0.255 e. The van der Waals surface area contributed by atoms with Gasteiger partial charge in [0.05, 0.1) is 21.4 Å². The highest BCUT2D eigenvalue weighted by atomic mass is 35.5. The highest BCUT2D eigenvalue weighted by Crippen LogP contribution is 2.34. The van der Waals surface area contributed by atoms with Crippen molar-refractivity contribution in [3.8, 4) is 5.75 Å². The number of carbonyl (C=O) groups excluding carboxylic acids is 1. The van der Waals surface area contributed by atoms with Crippen LogP contribution in [0.1, 0.15) is 10.4 Å². The molecule has 20 heavy (non-hydrogen) atoms. The summed E-state index contributed by atoms with van der Waals surface area (Å²) >= 11 is 11.5. The first-order valence-electron chi connectivity index (χ1n) is 5.53. The molecule has 0 aliphatic heterocycles. The number of nitrogens with two attached hydrogens (primary N) is 2. The third-order valence-electron chi connectivity index (χ3n) is 2.62. The molecule has 0 bridgehead atoms. The molecule has 104 valence electrons. The van der Waals surface area contributed by atoms with Gasteiger partial charge in [-0.05, 0) is 30.3 Å². The fourth-order valence-corrected chi connectivity index (χ4v) is 2.04. The minimum absolute atomic E-state index is 0.0459. The number of phenols is 1. The van der Waals surface area contributed by atoms with Crippen LogP contribution in [0.3, 0.4) is 0 Å². The summed E-state index contributed by atoms with van der Waals surface area (Å²) in [5, 5.41) is 12.1. The third-order valence-corrected chi connectivity index (χ3v) is 3.20. The van der Waals surface area contributed by atoms with Crippen molar-refractivity contribution in [1.29, 1.82) is 0 Å². The minimum Gasteiger partial charge on any atom is -0.505 e. The van der Waals surface area contributed by atoms with Gasteiger partial charge in [-0.3, -0.25) is 4.79 Å². The Labute approximate surface area is 125 Å². The number of nitrogen functional groups attached to an aromatic ring is 2. The molecular weight excluding hydrogens is 301 g/mol. The van der Waals surface area contributed by atoms with Crippen LogP contribution in [-0.4, -0.2) is 11.0 Å². The SMILES string of the molecule is Nc1ccc(C(=O)Nc2cc(Cl)c(O)c(Cl)c2)cc1N. The number of halogens is 2. The molecule has 0 spiro atoms. The van der Waals surface area contributed by atoms with Crippen molar-refractivity contribution >= 4 is 46.2 Å². The molecule has 0 aliphatic carbocycles. The molecule has 0 unspecified atom stereocenters. The molecule has 0 aromatic heterocycles. The molecule has 2 aromatic rings. The van der Waals surface area contributed by atoms with Crippen molar-refractivity contribution in [2.75, 3.05) is 16.8 Å². The number of carbonyl (C=O) groups is 1. The van der Waals surface area contributed by atoms with Crippen LogP contribution in [-0.2, 0) is 0 Å². The van der Waals surface area contributed by atoms with E-state index in [1.807, 2.05) is 0 Å². The Bertz CT molecular complexity index is 666. The summed E-state index contributed by atoms with van der Waals surface area (Å²) in [5.74, 6) is -0.627. The van der Waals surface area contributed by atoms with Crippen LogP contribution in [0.5, 0.6) is 5.75 Å². The molecule has 7 heteroatoms. The van der Waals surface area contributed by atoms with Crippen molar-refractivity contribution in [1.82, 2.24) is 0 Å². The van der Waals surface area contributed by atoms with Crippen LogP contribution in [0.15, 0.2) is 30.3 Å². The van der Waals surface area contributed by atoms with Gasteiger partial charge in [-0.15, -0.1) is 0 Å².